The molecule has 0 aromatic carbocycles. The van der Waals surface area contributed by atoms with Crippen molar-refractivity contribution >= 4 is 11.5 Å². The van der Waals surface area contributed by atoms with Crippen LogP contribution in [-0.4, -0.2) is 26.8 Å². The Kier molecular flexibility index (Phi) is 5.38. The zero-order valence-electron chi connectivity index (χ0n) is 12.3. The molecule has 0 spiro atoms. The van der Waals surface area contributed by atoms with Gasteiger partial charge in [-0.2, -0.15) is 0 Å². The molecule has 0 saturated carbocycles. The normalized spacial score (nSPS) is 11.6. The summed E-state index contributed by atoms with van der Waals surface area (Å²) in [6.07, 6.45) is 1.84. The molecule has 0 aliphatic heterocycles. The molecule has 0 aliphatic rings. The second-order valence-corrected chi connectivity index (χ2v) is 4.96. The lowest BCUT2D eigenvalue weighted by atomic mass is 9.97. The topological polar surface area (TPSA) is 113 Å². The van der Waals surface area contributed by atoms with Crippen LogP contribution in [0.5, 0.6) is 0 Å². The third-order valence-electron chi connectivity index (χ3n) is 3.60. The van der Waals surface area contributed by atoms with E-state index in [2.05, 4.69) is 10.3 Å². The van der Waals surface area contributed by atoms with Gasteiger partial charge in [-0.1, -0.05) is 20.8 Å². The van der Waals surface area contributed by atoms with E-state index in [1.807, 2.05) is 20.8 Å². The van der Waals surface area contributed by atoms with Crippen LogP contribution in [0.2, 0.25) is 0 Å². The molecule has 1 aromatic heterocycles. The van der Waals surface area contributed by atoms with E-state index < -0.39 is 16.9 Å². The van der Waals surface area contributed by atoms with Crippen LogP contribution in [0.3, 0.4) is 0 Å². The molecular weight excluding hydrogens is 260 g/mol. The maximum atomic E-state index is 11.8. The fourth-order valence-corrected chi connectivity index (χ4v) is 1.96. The summed E-state index contributed by atoms with van der Waals surface area (Å²) in [4.78, 5) is 25.7. The highest BCUT2D eigenvalue weighted by atomic mass is 16.3. The minimum Gasteiger partial charge on any atom is -0.388 e. The number of hydrogen-bond acceptors (Lipinski definition) is 5. The van der Waals surface area contributed by atoms with E-state index in [-0.39, 0.29) is 18.1 Å². The number of aromatic amines is 1. The summed E-state index contributed by atoms with van der Waals surface area (Å²) >= 11 is 0. The Morgan fingerprint density at radius 1 is 1.30 bits per heavy atom. The molecule has 0 atom stereocenters. The predicted octanol–water partition coefficient (Wildman–Crippen LogP) is 0.492. The summed E-state index contributed by atoms with van der Waals surface area (Å²) in [5.74, 6) is 0.107. The molecule has 0 bridgehead atoms. The molecule has 114 valence electrons. The summed E-state index contributed by atoms with van der Waals surface area (Å²) < 4.78 is 1.32. The van der Waals surface area contributed by atoms with Crippen LogP contribution < -0.4 is 22.3 Å². The zero-order chi connectivity index (χ0) is 15.3. The van der Waals surface area contributed by atoms with Crippen LogP contribution >= 0.6 is 0 Å². The summed E-state index contributed by atoms with van der Waals surface area (Å²) in [6, 6.07) is 0. The monoisotopic (exact) mass is 284 g/mol. The van der Waals surface area contributed by atoms with E-state index in [9.17, 15) is 14.7 Å². The number of nitrogen functional groups attached to an aromatic ring is 1. The Bertz CT molecular complexity index is 558. The molecule has 0 unspecified atom stereocenters. The van der Waals surface area contributed by atoms with Gasteiger partial charge in [0.2, 0.25) is 0 Å². The van der Waals surface area contributed by atoms with Gasteiger partial charge in [-0.3, -0.25) is 14.3 Å². The quantitative estimate of drug-likeness (QED) is 0.582. The first-order valence-electron chi connectivity index (χ1n) is 6.97. The Hall–Kier alpha value is -1.76. The molecule has 1 aromatic rings. The Morgan fingerprint density at radius 2 is 1.90 bits per heavy atom. The van der Waals surface area contributed by atoms with Crippen LogP contribution in [0.25, 0.3) is 0 Å². The van der Waals surface area contributed by atoms with Gasteiger partial charge in [0.25, 0.3) is 5.56 Å². The SMILES string of the molecule is CCCn1c(N)c(NCC(O)(CC)CC)c(=O)[nH]c1=O. The number of hydrogen-bond donors (Lipinski definition) is 4. The molecular formula is C13H24N4O3. The second-order valence-electron chi connectivity index (χ2n) is 4.96. The van der Waals surface area contributed by atoms with E-state index in [0.29, 0.717) is 19.4 Å². The summed E-state index contributed by atoms with van der Waals surface area (Å²) in [5, 5.41) is 13.1. The highest BCUT2D eigenvalue weighted by Gasteiger charge is 2.23. The molecule has 0 saturated heterocycles. The van der Waals surface area contributed by atoms with E-state index in [0.717, 1.165) is 6.42 Å². The molecule has 7 heteroatoms. The molecule has 0 fully saturated rings. The van der Waals surface area contributed by atoms with Crippen LogP contribution in [0.15, 0.2) is 9.59 Å². The molecule has 0 amide bonds. The molecule has 5 N–H and O–H groups in total. The van der Waals surface area contributed by atoms with Crippen LogP contribution in [-0.2, 0) is 6.54 Å². The molecule has 1 heterocycles. The van der Waals surface area contributed by atoms with Gasteiger partial charge in [-0.25, -0.2) is 4.79 Å². The van der Waals surface area contributed by atoms with Gasteiger partial charge < -0.3 is 16.2 Å². The number of aliphatic hydroxyl groups is 1. The van der Waals surface area contributed by atoms with Crippen molar-refractivity contribution < 1.29 is 5.11 Å². The van der Waals surface area contributed by atoms with Crippen molar-refractivity contribution in [1.82, 2.24) is 9.55 Å². The minimum absolute atomic E-state index is 0.107. The Labute approximate surface area is 117 Å². The van der Waals surface area contributed by atoms with Crippen molar-refractivity contribution in [3.05, 3.63) is 20.8 Å². The second kappa shape index (κ2) is 6.60. The van der Waals surface area contributed by atoms with E-state index in [1.165, 1.54) is 4.57 Å². The third-order valence-corrected chi connectivity index (χ3v) is 3.60. The number of nitrogens with zero attached hydrogens (tertiary/aromatic N) is 1. The highest BCUT2D eigenvalue weighted by molar-refractivity contribution is 5.60. The number of nitrogens with two attached hydrogens (primary N) is 1. The standard InChI is InChI=1S/C13H24N4O3/c1-4-7-17-10(14)9(11(18)16-12(17)19)15-8-13(20,5-2)6-3/h15,20H,4-8,14H2,1-3H3,(H,16,18,19). The van der Waals surface area contributed by atoms with Crippen molar-refractivity contribution in [2.24, 2.45) is 0 Å². The first kappa shape index (κ1) is 16.3. The number of H-pyrrole nitrogens is 1. The lowest BCUT2D eigenvalue weighted by Gasteiger charge is -2.26. The Balaban J connectivity index is 3.10. The van der Waals surface area contributed by atoms with Crippen molar-refractivity contribution in [3.63, 3.8) is 0 Å². The maximum Gasteiger partial charge on any atom is 0.330 e. The van der Waals surface area contributed by atoms with E-state index in [4.69, 9.17) is 5.73 Å². The fourth-order valence-electron chi connectivity index (χ4n) is 1.96. The Morgan fingerprint density at radius 3 is 2.40 bits per heavy atom. The average molecular weight is 284 g/mol. The highest BCUT2D eigenvalue weighted by Crippen LogP contribution is 2.17. The molecule has 20 heavy (non-hydrogen) atoms. The summed E-state index contributed by atoms with van der Waals surface area (Å²) in [7, 11) is 0. The minimum atomic E-state index is -0.898. The maximum absolute atomic E-state index is 11.8. The van der Waals surface area contributed by atoms with Crippen molar-refractivity contribution in [1.29, 1.82) is 0 Å². The average Bonchev–Trinajstić information content (AvgIpc) is 2.42. The first-order valence-corrected chi connectivity index (χ1v) is 6.97. The summed E-state index contributed by atoms with van der Waals surface area (Å²) in [5.41, 5.74) is 4.05. The number of nitrogens with one attached hydrogen (secondary N) is 2. The molecule has 0 radical (unpaired) electrons. The van der Waals surface area contributed by atoms with Gasteiger partial charge in [0.1, 0.15) is 11.5 Å². The molecule has 1 rings (SSSR count). The first-order chi connectivity index (χ1) is 9.38. The lowest BCUT2D eigenvalue weighted by Crippen LogP contribution is -2.39. The largest absolute Gasteiger partial charge is 0.388 e. The van der Waals surface area contributed by atoms with Crippen molar-refractivity contribution in [2.45, 2.75) is 52.2 Å². The number of aromatic nitrogens is 2. The van der Waals surface area contributed by atoms with Gasteiger partial charge in [0.15, 0.2) is 0 Å². The van der Waals surface area contributed by atoms with E-state index in [1.54, 1.807) is 0 Å². The van der Waals surface area contributed by atoms with Crippen molar-refractivity contribution in [3.8, 4) is 0 Å². The smallest absolute Gasteiger partial charge is 0.330 e. The zero-order valence-corrected chi connectivity index (χ0v) is 12.3. The van der Waals surface area contributed by atoms with Crippen LogP contribution in [0.1, 0.15) is 40.0 Å². The molecule has 0 aliphatic carbocycles. The van der Waals surface area contributed by atoms with Gasteiger partial charge in [0, 0.05) is 13.1 Å². The predicted molar refractivity (Wildman–Crippen MR) is 80.0 cm³/mol. The van der Waals surface area contributed by atoms with Crippen LogP contribution in [0.4, 0.5) is 11.5 Å². The fraction of sp³-hybridized carbons (Fsp3) is 0.692. The van der Waals surface area contributed by atoms with Crippen LogP contribution in [0, 0.1) is 0 Å². The molecule has 7 nitrogen and oxygen atoms in total. The van der Waals surface area contributed by atoms with Crippen molar-refractivity contribution in [2.75, 3.05) is 17.6 Å². The van der Waals surface area contributed by atoms with Gasteiger partial charge in [-0.05, 0) is 19.3 Å². The van der Waals surface area contributed by atoms with Gasteiger partial charge in [-0.15, -0.1) is 0 Å². The number of rotatable bonds is 7. The number of anilines is 2. The van der Waals surface area contributed by atoms with E-state index >= 15 is 0 Å². The van der Waals surface area contributed by atoms with Gasteiger partial charge in [0.05, 0.1) is 5.60 Å². The third kappa shape index (κ3) is 3.41. The lowest BCUT2D eigenvalue weighted by molar-refractivity contribution is 0.0457. The van der Waals surface area contributed by atoms with Gasteiger partial charge >= 0.3 is 5.69 Å². The summed E-state index contributed by atoms with van der Waals surface area (Å²) in [6.45, 7) is 6.30.